The van der Waals surface area contributed by atoms with Crippen molar-refractivity contribution in [2.45, 2.75) is 18.4 Å². The zero-order valence-corrected chi connectivity index (χ0v) is 16.3. The highest BCUT2D eigenvalue weighted by Crippen LogP contribution is 2.29. The molecule has 0 aliphatic carbocycles. The van der Waals surface area contributed by atoms with Gasteiger partial charge < -0.3 is 14.3 Å². The molecule has 1 fully saturated rings. The summed E-state index contributed by atoms with van der Waals surface area (Å²) in [7, 11) is 0. The van der Waals surface area contributed by atoms with Crippen LogP contribution in [0.1, 0.15) is 11.5 Å². The van der Waals surface area contributed by atoms with E-state index in [1.807, 2.05) is 17.9 Å². The molecule has 0 bridgehead atoms. The Labute approximate surface area is 161 Å². The zero-order chi connectivity index (χ0) is 17.8. The van der Waals surface area contributed by atoms with E-state index in [2.05, 4.69) is 5.16 Å². The van der Waals surface area contributed by atoms with E-state index in [0.29, 0.717) is 15.8 Å². The number of rotatable bonds is 5. The van der Waals surface area contributed by atoms with Crippen molar-refractivity contribution < 1.29 is 14.2 Å². The van der Waals surface area contributed by atoms with Crippen molar-refractivity contribution in [3.8, 4) is 0 Å². The number of quaternary nitrogens is 1. The lowest BCUT2D eigenvalue weighted by atomic mass is 10.3. The van der Waals surface area contributed by atoms with Crippen LogP contribution in [0.25, 0.3) is 0 Å². The molecule has 0 atom stereocenters. The number of aromatic nitrogens is 1. The van der Waals surface area contributed by atoms with Crippen LogP contribution < -0.4 is 4.90 Å². The van der Waals surface area contributed by atoms with E-state index in [4.69, 9.17) is 27.7 Å². The molecule has 5 nitrogen and oxygen atoms in total. The lowest BCUT2D eigenvalue weighted by molar-refractivity contribution is -0.918. The van der Waals surface area contributed by atoms with Crippen molar-refractivity contribution in [2.75, 3.05) is 31.9 Å². The van der Waals surface area contributed by atoms with E-state index in [1.54, 1.807) is 18.2 Å². The molecule has 2 heterocycles. The van der Waals surface area contributed by atoms with Crippen LogP contribution in [0.2, 0.25) is 10.0 Å². The molecular formula is C17H20Cl2N3O2S+. The summed E-state index contributed by atoms with van der Waals surface area (Å²) in [6, 6.07) is 7.26. The van der Waals surface area contributed by atoms with Crippen LogP contribution in [-0.4, -0.2) is 47.9 Å². The minimum absolute atomic E-state index is 0.136. The lowest BCUT2D eigenvalue weighted by Gasteiger charge is -2.31. The van der Waals surface area contributed by atoms with Crippen LogP contribution in [0, 0.1) is 6.92 Å². The van der Waals surface area contributed by atoms with Gasteiger partial charge in [-0.25, -0.2) is 0 Å². The molecule has 1 aliphatic heterocycles. The monoisotopic (exact) mass is 400 g/mol. The number of hydrogen-bond acceptors (Lipinski definition) is 4. The lowest BCUT2D eigenvalue weighted by Crippen LogP contribution is -3.13. The molecule has 1 saturated heterocycles. The zero-order valence-electron chi connectivity index (χ0n) is 13.9. The predicted molar refractivity (Wildman–Crippen MR) is 99.4 cm³/mol. The van der Waals surface area contributed by atoms with E-state index >= 15 is 0 Å². The van der Waals surface area contributed by atoms with Gasteiger partial charge >= 0.3 is 0 Å². The van der Waals surface area contributed by atoms with Gasteiger partial charge in [-0.15, -0.1) is 11.8 Å². The molecule has 1 N–H and O–H groups in total. The van der Waals surface area contributed by atoms with E-state index < -0.39 is 0 Å². The highest BCUT2D eigenvalue weighted by molar-refractivity contribution is 8.00. The van der Waals surface area contributed by atoms with E-state index in [9.17, 15) is 4.79 Å². The summed E-state index contributed by atoms with van der Waals surface area (Å²) in [5.74, 6) is 1.34. The van der Waals surface area contributed by atoms with Crippen molar-refractivity contribution in [1.82, 2.24) is 10.1 Å². The first-order chi connectivity index (χ1) is 12.0. The maximum absolute atomic E-state index is 12.4. The molecule has 0 unspecified atom stereocenters. The summed E-state index contributed by atoms with van der Waals surface area (Å²) < 4.78 is 5.11. The fourth-order valence-corrected chi connectivity index (χ4v) is 4.22. The first-order valence-corrected chi connectivity index (χ1v) is 9.87. The number of nitrogens with one attached hydrogen (secondary N) is 1. The molecule has 2 aromatic rings. The summed E-state index contributed by atoms with van der Waals surface area (Å²) in [5, 5.41) is 5.29. The van der Waals surface area contributed by atoms with Gasteiger partial charge in [0, 0.05) is 16.0 Å². The largest absolute Gasteiger partial charge is 0.361 e. The number of thioether (sulfide) groups is 1. The summed E-state index contributed by atoms with van der Waals surface area (Å²) in [5.41, 5.74) is 0.971. The normalized spacial score (nSPS) is 15.6. The van der Waals surface area contributed by atoms with Gasteiger partial charge in [0.25, 0.3) is 0 Å². The molecule has 3 rings (SSSR count). The second-order valence-electron chi connectivity index (χ2n) is 6.10. The van der Waals surface area contributed by atoms with Crippen molar-refractivity contribution in [3.63, 3.8) is 0 Å². The Morgan fingerprint density at radius 1 is 1.32 bits per heavy atom. The van der Waals surface area contributed by atoms with E-state index in [0.717, 1.165) is 49.1 Å². The topological polar surface area (TPSA) is 50.8 Å². The number of aryl methyl sites for hydroxylation is 1. The number of amides is 1. The van der Waals surface area contributed by atoms with Crippen molar-refractivity contribution in [3.05, 3.63) is 45.8 Å². The summed E-state index contributed by atoms with van der Waals surface area (Å²) in [4.78, 5) is 16.6. The Kier molecular flexibility index (Phi) is 6.28. The number of hydrogen-bond donors (Lipinski definition) is 1. The number of nitrogens with zero attached hydrogens (tertiary/aromatic N) is 2. The van der Waals surface area contributed by atoms with Gasteiger partial charge in [-0.2, -0.15) is 0 Å². The third-order valence-corrected chi connectivity index (χ3v) is 5.89. The molecular weight excluding hydrogens is 381 g/mol. The van der Waals surface area contributed by atoms with Crippen LogP contribution in [0.3, 0.4) is 0 Å². The van der Waals surface area contributed by atoms with Gasteiger partial charge in [0.1, 0.15) is 18.0 Å². The van der Waals surface area contributed by atoms with Gasteiger partial charge in [0.05, 0.1) is 37.0 Å². The number of carbonyl (C=O) groups excluding carboxylic acids is 1. The average molecular weight is 401 g/mol. The highest BCUT2D eigenvalue weighted by Gasteiger charge is 2.24. The Balaban J connectivity index is 1.46. The molecule has 25 heavy (non-hydrogen) atoms. The first kappa shape index (κ1) is 18.6. The third-order valence-electron chi connectivity index (χ3n) is 4.18. The molecule has 0 saturated carbocycles. The van der Waals surface area contributed by atoms with Crippen molar-refractivity contribution >= 4 is 40.9 Å². The first-order valence-electron chi connectivity index (χ1n) is 8.12. The van der Waals surface area contributed by atoms with E-state index in [1.165, 1.54) is 16.7 Å². The molecule has 1 aromatic carbocycles. The number of halogens is 2. The average Bonchev–Trinajstić information content (AvgIpc) is 3.01. The Bertz CT molecular complexity index is 745. The third kappa shape index (κ3) is 5.14. The molecule has 0 radical (unpaired) electrons. The predicted octanol–water partition coefficient (Wildman–Crippen LogP) is 2.31. The Hall–Kier alpha value is -1.21. The summed E-state index contributed by atoms with van der Waals surface area (Å²) in [6.45, 7) is 6.09. The maximum atomic E-state index is 12.4. The van der Waals surface area contributed by atoms with Crippen LogP contribution in [0.5, 0.6) is 0 Å². The van der Waals surface area contributed by atoms with Crippen molar-refractivity contribution in [2.24, 2.45) is 0 Å². The number of benzene rings is 1. The second-order valence-corrected chi connectivity index (χ2v) is 7.96. The van der Waals surface area contributed by atoms with Crippen molar-refractivity contribution in [1.29, 1.82) is 0 Å². The van der Waals surface area contributed by atoms with Crippen LogP contribution in [0.4, 0.5) is 0 Å². The molecule has 1 aromatic heterocycles. The minimum Gasteiger partial charge on any atom is -0.361 e. The molecule has 8 heteroatoms. The van der Waals surface area contributed by atoms with Gasteiger partial charge in [-0.3, -0.25) is 4.79 Å². The molecule has 1 aliphatic rings. The smallest absolute Gasteiger partial charge is 0.233 e. The molecule has 1 amide bonds. The molecule has 134 valence electrons. The standard InChI is InChI=1S/C17H19Cl2N3O2S/c1-12-8-14(20-24-12)10-21-4-6-22(7-5-21)17(23)11-25-16-9-13(18)2-3-15(16)19/h2-3,8-9H,4-7,10-11H2,1H3/p+1. The van der Waals surface area contributed by atoms with Crippen LogP contribution in [-0.2, 0) is 11.3 Å². The SMILES string of the molecule is Cc1cc(C[NH+]2CCN(C(=O)CSc3cc(Cl)ccc3Cl)CC2)no1. The Morgan fingerprint density at radius 3 is 2.76 bits per heavy atom. The van der Waals surface area contributed by atoms with Gasteiger partial charge in [-0.1, -0.05) is 28.4 Å². The summed E-state index contributed by atoms with van der Waals surface area (Å²) >= 11 is 13.6. The molecule has 0 spiro atoms. The van der Waals surface area contributed by atoms with Crippen LogP contribution >= 0.6 is 35.0 Å². The van der Waals surface area contributed by atoms with Gasteiger partial charge in [-0.05, 0) is 25.1 Å². The van der Waals surface area contributed by atoms with Crippen LogP contribution in [0.15, 0.2) is 33.7 Å². The highest BCUT2D eigenvalue weighted by atomic mass is 35.5. The number of piperazine rings is 1. The fourth-order valence-electron chi connectivity index (χ4n) is 2.83. The minimum atomic E-state index is 0.136. The van der Waals surface area contributed by atoms with Gasteiger partial charge in [0.2, 0.25) is 5.91 Å². The quantitative estimate of drug-likeness (QED) is 0.782. The second kappa shape index (κ2) is 8.45. The fraction of sp³-hybridized carbons (Fsp3) is 0.412. The van der Waals surface area contributed by atoms with E-state index in [-0.39, 0.29) is 5.91 Å². The maximum Gasteiger partial charge on any atom is 0.233 e. The number of carbonyl (C=O) groups is 1. The summed E-state index contributed by atoms with van der Waals surface area (Å²) in [6.07, 6.45) is 0. The Morgan fingerprint density at radius 2 is 2.08 bits per heavy atom. The van der Waals surface area contributed by atoms with Gasteiger partial charge in [0.15, 0.2) is 0 Å².